The summed E-state index contributed by atoms with van der Waals surface area (Å²) in [5.41, 5.74) is -1.34. The first-order valence-electron chi connectivity index (χ1n) is 17.6. The molecule has 2 saturated carbocycles. The van der Waals surface area contributed by atoms with E-state index in [-0.39, 0.29) is 57.5 Å². The topological polar surface area (TPSA) is 152 Å². The first-order valence-corrected chi connectivity index (χ1v) is 19.9. The fourth-order valence-corrected chi connectivity index (χ4v) is 8.73. The van der Waals surface area contributed by atoms with Crippen molar-refractivity contribution in [3.8, 4) is 11.1 Å². The Bertz CT molecular complexity index is 2780. The van der Waals surface area contributed by atoms with Gasteiger partial charge in [0.05, 0.1) is 39.4 Å². The Labute approximate surface area is 322 Å². The first-order chi connectivity index (χ1) is 26.8. The van der Waals surface area contributed by atoms with Crippen molar-refractivity contribution in [2.24, 2.45) is 13.0 Å². The van der Waals surface area contributed by atoms with E-state index < -0.39 is 81.0 Å². The maximum absolute atomic E-state index is 15.4. The lowest BCUT2D eigenvalue weighted by molar-refractivity contribution is -0.142. The largest absolute Gasteiger partial charge is 0.435 e. The highest BCUT2D eigenvalue weighted by Gasteiger charge is 2.68. The van der Waals surface area contributed by atoms with Gasteiger partial charge in [-0.15, -0.1) is 0 Å². The number of nitrogens with one attached hydrogen (secondary N) is 3. The number of benzene rings is 2. The van der Waals surface area contributed by atoms with E-state index in [1.54, 1.807) is 12.1 Å². The van der Waals surface area contributed by atoms with E-state index in [1.807, 2.05) is 0 Å². The number of H-pyrrole nitrogens is 1. The van der Waals surface area contributed by atoms with Crippen molar-refractivity contribution in [3.63, 3.8) is 0 Å². The summed E-state index contributed by atoms with van der Waals surface area (Å²) in [6.07, 6.45) is -2.86. The fraction of sp³-hybridized carbons (Fsp3) is 0.361. The zero-order valence-electron chi connectivity index (χ0n) is 29.6. The molecule has 3 N–H and O–H groups in total. The second kappa shape index (κ2) is 12.6. The number of aryl methyl sites for hydroxylation is 1. The lowest BCUT2D eigenvalue weighted by atomic mass is 9.94. The van der Waals surface area contributed by atoms with Crippen LogP contribution < -0.4 is 10.0 Å². The summed E-state index contributed by atoms with van der Waals surface area (Å²) in [6, 6.07) is 6.12. The molecule has 12 nitrogen and oxygen atoms in total. The second-order valence-corrected chi connectivity index (χ2v) is 16.9. The lowest BCUT2D eigenvalue weighted by Crippen LogP contribution is -2.35. The van der Waals surface area contributed by atoms with E-state index in [0.717, 1.165) is 31.2 Å². The standard InChI is InChI=1S/C36H29ClF7N9O3S/c1-52-29-18(5-6-22(37)27(29)34(50-52)51-57(2,55)56)19-12-24-33(48-32(46-24)15-3-4-15)47-28(19)23(9-14-7-16(38)10-17(39)8-14)45-25(54)13-53-31-26(30(49-53)36(42,43)44)20-11-21(20)35(31,40)41/h5-8,10,12,15,20-21,23H,3-4,9,11,13H2,1-2H3,(H,45,54)(H,50,51)(H,46,47,48)/t20?,21-,23+/m1/s1. The summed E-state index contributed by atoms with van der Waals surface area (Å²) in [7, 11) is -2.30. The molecule has 21 heteroatoms. The van der Waals surface area contributed by atoms with Crippen LogP contribution in [0.5, 0.6) is 0 Å². The summed E-state index contributed by atoms with van der Waals surface area (Å²) in [6.45, 7) is -1.05. The van der Waals surface area contributed by atoms with Gasteiger partial charge in [0, 0.05) is 41.6 Å². The molecule has 0 aliphatic heterocycles. The molecule has 9 rings (SSSR count). The van der Waals surface area contributed by atoms with E-state index in [9.17, 15) is 35.2 Å². The number of amides is 1. The highest BCUT2D eigenvalue weighted by molar-refractivity contribution is 7.92. The maximum atomic E-state index is 15.4. The van der Waals surface area contributed by atoms with Crippen molar-refractivity contribution in [2.45, 2.75) is 62.2 Å². The number of halogens is 8. The van der Waals surface area contributed by atoms with Crippen LogP contribution in [-0.4, -0.2) is 55.1 Å². The van der Waals surface area contributed by atoms with Crippen LogP contribution in [0, 0.1) is 17.6 Å². The Morgan fingerprint density at radius 2 is 1.79 bits per heavy atom. The monoisotopic (exact) mass is 835 g/mol. The van der Waals surface area contributed by atoms with Gasteiger partial charge in [-0.25, -0.2) is 27.2 Å². The quantitative estimate of drug-likeness (QED) is 0.123. The zero-order valence-corrected chi connectivity index (χ0v) is 31.2. The lowest BCUT2D eigenvalue weighted by Gasteiger charge is -2.23. The summed E-state index contributed by atoms with van der Waals surface area (Å²) in [5, 5.41) is 10.8. The Morgan fingerprint density at radius 1 is 1.07 bits per heavy atom. The molecule has 298 valence electrons. The van der Waals surface area contributed by atoms with Crippen LogP contribution >= 0.6 is 11.6 Å². The van der Waals surface area contributed by atoms with Gasteiger partial charge in [0.25, 0.3) is 5.92 Å². The molecule has 3 aliphatic carbocycles. The van der Waals surface area contributed by atoms with Gasteiger partial charge in [-0.3, -0.25) is 18.9 Å². The number of hydrogen-bond acceptors (Lipinski definition) is 7. The van der Waals surface area contributed by atoms with Crippen LogP contribution in [0.15, 0.2) is 36.4 Å². The van der Waals surface area contributed by atoms with Gasteiger partial charge < -0.3 is 10.3 Å². The molecule has 0 saturated heterocycles. The maximum Gasteiger partial charge on any atom is 0.435 e. The Hall–Kier alpha value is -5.24. The summed E-state index contributed by atoms with van der Waals surface area (Å²) < 4.78 is 131. The summed E-state index contributed by atoms with van der Waals surface area (Å²) >= 11 is 6.61. The molecule has 0 spiro atoms. The molecule has 6 aromatic rings. The highest BCUT2D eigenvalue weighted by Crippen LogP contribution is 2.68. The molecule has 1 amide bonds. The number of rotatable bonds is 10. The van der Waals surface area contributed by atoms with Crippen LogP contribution in [0.4, 0.5) is 36.6 Å². The molecule has 2 fully saturated rings. The normalized spacial score (nSPS) is 19.2. The molecule has 3 aliphatic rings. The number of sulfonamides is 1. The Kier molecular flexibility index (Phi) is 8.27. The van der Waals surface area contributed by atoms with E-state index in [2.05, 4.69) is 30.2 Å². The van der Waals surface area contributed by atoms with E-state index in [4.69, 9.17) is 16.6 Å². The highest BCUT2D eigenvalue weighted by atomic mass is 35.5. The molecule has 1 unspecified atom stereocenters. The molecule has 57 heavy (non-hydrogen) atoms. The number of nitrogens with zero attached hydrogens (tertiary/aromatic N) is 6. The molecular formula is C36H29ClF7N9O3S. The number of carbonyl (C=O) groups is 1. The van der Waals surface area contributed by atoms with Gasteiger partial charge in [-0.05, 0) is 61.4 Å². The zero-order chi connectivity index (χ0) is 40.5. The smallest absolute Gasteiger partial charge is 0.346 e. The summed E-state index contributed by atoms with van der Waals surface area (Å²) in [5.74, 6) is -8.27. The third-order valence-corrected chi connectivity index (χ3v) is 11.4. The predicted octanol–water partition coefficient (Wildman–Crippen LogP) is 7.22. The van der Waals surface area contributed by atoms with E-state index in [1.165, 1.54) is 17.8 Å². The predicted molar refractivity (Wildman–Crippen MR) is 192 cm³/mol. The average molecular weight is 836 g/mol. The molecule has 4 aromatic heterocycles. The number of aromatic amines is 1. The molecular weight excluding hydrogens is 807 g/mol. The van der Waals surface area contributed by atoms with Crippen LogP contribution in [0.1, 0.15) is 71.2 Å². The second-order valence-electron chi connectivity index (χ2n) is 14.8. The number of fused-ring (bicyclic) bond motifs is 5. The number of aromatic nitrogens is 7. The minimum Gasteiger partial charge on any atom is -0.346 e. The van der Waals surface area contributed by atoms with Crippen molar-refractivity contribution in [3.05, 3.63) is 87.1 Å². The van der Waals surface area contributed by atoms with E-state index in [0.29, 0.717) is 33.2 Å². The van der Waals surface area contributed by atoms with Crippen LogP contribution in [0.25, 0.3) is 33.2 Å². The van der Waals surface area contributed by atoms with Crippen molar-refractivity contribution in [1.82, 2.24) is 39.8 Å². The number of carbonyl (C=O) groups excluding carboxylic acids is 1. The number of hydrogen-bond donors (Lipinski definition) is 3. The molecule has 0 radical (unpaired) electrons. The summed E-state index contributed by atoms with van der Waals surface area (Å²) in [4.78, 5) is 26.7. The fourth-order valence-electron chi connectivity index (χ4n) is 8.00. The minimum atomic E-state index is -5.06. The molecule has 3 atom stereocenters. The van der Waals surface area contributed by atoms with Crippen LogP contribution in [0.3, 0.4) is 0 Å². The van der Waals surface area contributed by atoms with E-state index >= 15 is 8.78 Å². The van der Waals surface area contributed by atoms with Gasteiger partial charge in [-0.1, -0.05) is 17.7 Å². The molecule has 4 heterocycles. The van der Waals surface area contributed by atoms with Gasteiger partial charge in [0.15, 0.2) is 17.2 Å². The molecule has 2 aromatic carbocycles. The minimum absolute atomic E-state index is 0.0405. The number of alkyl halides is 5. The van der Waals surface area contributed by atoms with Crippen molar-refractivity contribution < 1.29 is 43.9 Å². The third kappa shape index (κ3) is 6.55. The molecule has 0 bridgehead atoms. The Balaban J connectivity index is 1.20. The number of pyridine rings is 1. The van der Waals surface area contributed by atoms with Gasteiger partial charge in [0.2, 0.25) is 15.9 Å². The van der Waals surface area contributed by atoms with Crippen molar-refractivity contribution in [2.75, 3.05) is 11.0 Å². The first kappa shape index (κ1) is 37.3. The number of imidazole rings is 1. The van der Waals surface area contributed by atoms with Gasteiger partial charge in [-0.2, -0.15) is 32.1 Å². The Morgan fingerprint density at radius 3 is 2.46 bits per heavy atom. The van der Waals surface area contributed by atoms with Crippen LogP contribution in [-0.2, 0) is 46.9 Å². The number of anilines is 1. The third-order valence-electron chi connectivity index (χ3n) is 10.5. The van der Waals surface area contributed by atoms with Gasteiger partial charge in [0.1, 0.15) is 29.7 Å². The van der Waals surface area contributed by atoms with Crippen molar-refractivity contribution in [1.29, 1.82) is 0 Å². The SMILES string of the molecule is Cn1nc(NS(C)(=O)=O)c2c(Cl)ccc(-c3cc4[nH]c(C5CC5)nc4nc3[C@H](Cc3cc(F)cc(F)c3)NC(=O)Cn3nc(C(F)(F)F)c4c3C(F)(F)[C@@H]3CC43)c21. The van der Waals surface area contributed by atoms with Crippen LogP contribution in [0.2, 0.25) is 5.02 Å². The van der Waals surface area contributed by atoms with Crippen molar-refractivity contribution >= 4 is 55.4 Å². The average Bonchev–Trinajstić information content (AvgIpc) is 3.98. The van der Waals surface area contributed by atoms with Gasteiger partial charge >= 0.3 is 6.18 Å².